The van der Waals surface area contributed by atoms with Crippen LogP contribution in [0.5, 0.6) is 0 Å². The number of halogens is 1. The Hall–Kier alpha value is -3.65. The van der Waals surface area contributed by atoms with E-state index in [0.29, 0.717) is 30.2 Å². The first-order valence-corrected chi connectivity index (χ1v) is 11.9. The van der Waals surface area contributed by atoms with Gasteiger partial charge < -0.3 is 14.4 Å². The molecule has 0 saturated carbocycles. The highest BCUT2D eigenvalue weighted by Gasteiger charge is 2.28. The summed E-state index contributed by atoms with van der Waals surface area (Å²) in [5.41, 5.74) is 3.10. The van der Waals surface area contributed by atoms with E-state index in [-0.39, 0.29) is 5.82 Å². The van der Waals surface area contributed by atoms with Crippen molar-refractivity contribution in [1.29, 1.82) is 0 Å². The third-order valence-electron chi connectivity index (χ3n) is 5.54. The lowest BCUT2D eigenvalue weighted by Gasteiger charge is -2.24. The number of rotatable bonds is 9. The van der Waals surface area contributed by atoms with Gasteiger partial charge in [-0.15, -0.1) is 11.8 Å². The third kappa shape index (κ3) is 6.08. The monoisotopic (exact) mass is 491 g/mol. The van der Waals surface area contributed by atoms with Crippen LogP contribution >= 0.6 is 11.8 Å². The maximum atomic E-state index is 13.8. The smallest absolute Gasteiger partial charge is 0.319 e. The topological polar surface area (TPSA) is 79.5 Å². The molecule has 8 heteroatoms. The maximum absolute atomic E-state index is 13.8. The lowest BCUT2D eigenvalue weighted by molar-refractivity contribution is -0.138. The van der Waals surface area contributed by atoms with Gasteiger partial charge in [0, 0.05) is 23.1 Å². The van der Waals surface area contributed by atoms with Crippen LogP contribution in [-0.2, 0) is 17.9 Å². The molecule has 0 fully saturated rings. The molecule has 4 rings (SSSR count). The van der Waals surface area contributed by atoms with E-state index in [2.05, 4.69) is 14.9 Å². The van der Waals surface area contributed by atoms with Crippen LogP contribution < -0.4 is 4.90 Å². The van der Waals surface area contributed by atoms with Gasteiger partial charge in [0.1, 0.15) is 28.5 Å². The lowest BCUT2D eigenvalue weighted by atomic mass is 10.1. The van der Waals surface area contributed by atoms with Crippen LogP contribution in [0.4, 0.5) is 10.2 Å². The molecule has 0 aliphatic rings. The minimum Gasteiger partial charge on any atom is -0.480 e. The van der Waals surface area contributed by atoms with Crippen molar-refractivity contribution in [1.82, 2.24) is 9.97 Å². The number of aryl methyl sites for hydroxylation is 1. The molecule has 2 aromatic carbocycles. The summed E-state index contributed by atoms with van der Waals surface area (Å²) in [6.45, 7) is 6.15. The van der Waals surface area contributed by atoms with E-state index >= 15 is 0 Å². The Labute approximate surface area is 207 Å². The molecule has 4 aromatic rings. The first-order chi connectivity index (χ1) is 16.7. The molecular formula is C27H26FN3O3S. The fourth-order valence-electron chi connectivity index (χ4n) is 3.51. The molecule has 2 aromatic heterocycles. The average Bonchev–Trinajstić information content (AvgIpc) is 3.35. The Kier molecular flexibility index (Phi) is 7.21. The van der Waals surface area contributed by atoms with Crippen molar-refractivity contribution in [3.05, 3.63) is 96.0 Å². The second kappa shape index (κ2) is 10.3. The Morgan fingerprint density at radius 2 is 1.86 bits per heavy atom. The van der Waals surface area contributed by atoms with E-state index in [1.54, 1.807) is 39.2 Å². The summed E-state index contributed by atoms with van der Waals surface area (Å²) in [6, 6.07) is 18.4. The van der Waals surface area contributed by atoms with Crippen LogP contribution in [0.3, 0.4) is 0 Å². The van der Waals surface area contributed by atoms with E-state index in [1.807, 2.05) is 42.5 Å². The van der Waals surface area contributed by atoms with Crippen molar-refractivity contribution in [3.63, 3.8) is 0 Å². The minimum absolute atomic E-state index is 0.254. The summed E-state index contributed by atoms with van der Waals surface area (Å²) in [4.78, 5) is 23.3. The Morgan fingerprint density at radius 3 is 2.51 bits per heavy atom. The Bertz CT molecular complexity index is 1310. The minimum atomic E-state index is -0.914. The Morgan fingerprint density at radius 1 is 1.09 bits per heavy atom. The molecule has 0 unspecified atom stereocenters. The quantitative estimate of drug-likeness (QED) is 0.273. The zero-order valence-corrected chi connectivity index (χ0v) is 20.6. The van der Waals surface area contributed by atoms with E-state index in [0.717, 1.165) is 21.8 Å². The van der Waals surface area contributed by atoms with Crippen LogP contribution in [-0.4, -0.2) is 25.8 Å². The van der Waals surface area contributed by atoms with Gasteiger partial charge in [-0.05, 0) is 74.4 Å². The van der Waals surface area contributed by atoms with Gasteiger partial charge in [-0.25, -0.2) is 14.4 Å². The number of aliphatic carboxylic acids is 1. The van der Waals surface area contributed by atoms with Crippen LogP contribution in [0.15, 0.2) is 82.6 Å². The lowest BCUT2D eigenvalue weighted by Crippen LogP contribution is -2.26. The van der Waals surface area contributed by atoms with Gasteiger partial charge in [-0.1, -0.05) is 12.1 Å². The molecule has 0 amide bonds. The summed E-state index contributed by atoms with van der Waals surface area (Å²) in [6.07, 6.45) is 3.14. The maximum Gasteiger partial charge on any atom is 0.319 e. The highest BCUT2D eigenvalue weighted by molar-refractivity contribution is 8.01. The summed E-state index contributed by atoms with van der Waals surface area (Å²) >= 11 is 1.31. The van der Waals surface area contributed by atoms with Crippen molar-refractivity contribution in [3.8, 4) is 11.3 Å². The summed E-state index contributed by atoms with van der Waals surface area (Å²) in [5.74, 6) is 0.389. The number of furan rings is 1. The largest absolute Gasteiger partial charge is 0.480 e. The molecule has 0 aliphatic carbocycles. The first-order valence-electron chi connectivity index (χ1n) is 11.1. The molecule has 0 aliphatic heterocycles. The van der Waals surface area contributed by atoms with Gasteiger partial charge in [-0.3, -0.25) is 4.79 Å². The van der Waals surface area contributed by atoms with Crippen molar-refractivity contribution >= 4 is 23.5 Å². The number of carbonyl (C=O) groups is 1. The fraction of sp³-hybridized carbons (Fsp3) is 0.222. The van der Waals surface area contributed by atoms with Crippen LogP contribution in [0, 0.1) is 12.7 Å². The van der Waals surface area contributed by atoms with Crippen LogP contribution in [0.1, 0.15) is 30.7 Å². The van der Waals surface area contributed by atoms with Crippen LogP contribution in [0.2, 0.25) is 0 Å². The van der Waals surface area contributed by atoms with Gasteiger partial charge in [0.05, 0.1) is 18.5 Å². The molecule has 0 saturated heterocycles. The second-order valence-corrected chi connectivity index (χ2v) is 10.4. The second-order valence-electron chi connectivity index (χ2n) is 8.72. The number of hydrogen-bond donors (Lipinski definition) is 1. The van der Waals surface area contributed by atoms with E-state index < -0.39 is 10.7 Å². The molecule has 6 nitrogen and oxygen atoms in total. The van der Waals surface area contributed by atoms with Gasteiger partial charge in [0.2, 0.25) is 0 Å². The summed E-state index contributed by atoms with van der Waals surface area (Å²) < 4.78 is 18.4. The van der Waals surface area contributed by atoms with Gasteiger partial charge in [0.25, 0.3) is 0 Å². The molecule has 0 atom stereocenters. The van der Waals surface area contributed by atoms with E-state index in [4.69, 9.17) is 4.42 Å². The normalized spacial score (nSPS) is 11.4. The molecular weight excluding hydrogens is 465 g/mol. The molecule has 0 bridgehead atoms. The van der Waals surface area contributed by atoms with Gasteiger partial charge in [-0.2, -0.15) is 0 Å². The molecule has 180 valence electrons. The van der Waals surface area contributed by atoms with E-state index in [9.17, 15) is 14.3 Å². The highest BCUT2D eigenvalue weighted by Crippen LogP contribution is 2.33. The zero-order valence-electron chi connectivity index (χ0n) is 19.7. The number of carboxylic acid groups (broad SMARTS) is 1. The van der Waals surface area contributed by atoms with Crippen molar-refractivity contribution < 1.29 is 18.7 Å². The van der Waals surface area contributed by atoms with Crippen LogP contribution in [0.25, 0.3) is 11.3 Å². The number of carboxylic acids is 1. The molecule has 2 heterocycles. The first kappa shape index (κ1) is 24.5. The number of anilines is 1. The third-order valence-corrected chi connectivity index (χ3v) is 6.73. The Balaban J connectivity index is 1.60. The zero-order chi connectivity index (χ0) is 25.0. The number of thioether (sulfide) groups is 1. The highest BCUT2D eigenvalue weighted by atomic mass is 32.2. The average molecular weight is 492 g/mol. The van der Waals surface area contributed by atoms with Crippen molar-refractivity contribution in [2.75, 3.05) is 4.90 Å². The predicted molar refractivity (Wildman–Crippen MR) is 135 cm³/mol. The van der Waals surface area contributed by atoms with Gasteiger partial charge in [0.15, 0.2) is 0 Å². The molecule has 35 heavy (non-hydrogen) atoms. The molecule has 1 N–H and O–H groups in total. The number of nitrogens with zero attached hydrogens (tertiary/aromatic N) is 3. The molecule has 0 spiro atoms. The SMILES string of the molecule is Cc1cc(-c2cc(N(Cc3ccc(SC(C)(C)C(=O)O)cc3)Cc3ccco3)ncn2)ccc1F. The molecule has 0 radical (unpaired) electrons. The fourth-order valence-corrected chi connectivity index (χ4v) is 4.46. The van der Waals surface area contributed by atoms with Crippen molar-refractivity contribution in [2.45, 2.75) is 43.5 Å². The van der Waals surface area contributed by atoms with Gasteiger partial charge >= 0.3 is 5.97 Å². The standard InChI is InChI=1S/C27H26FN3O3S/c1-18-13-20(8-11-23(18)28)24-14-25(30-17-29-24)31(16-21-5-4-12-34-21)15-19-6-9-22(10-7-19)35-27(2,3)26(32)33/h4-14,17H,15-16H2,1-3H3,(H,32,33). The summed E-state index contributed by atoms with van der Waals surface area (Å²) in [7, 11) is 0. The summed E-state index contributed by atoms with van der Waals surface area (Å²) in [5, 5.41) is 9.39. The number of aromatic nitrogens is 2. The van der Waals surface area contributed by atoms with E-state index in [1.165, 1.54) is 24.2 Å². The number of benzene rings is 2. The van der Waals surface area contributed by atoms with Crippen molar-refractivity contribution in [2.24, 2.45) is 0 Å². The predicted octanol–water partition coefficient (Wildman–Crippen LogP) is 6.35. The number of hydrogen-bond acceptors (Lipinski definition) is 6.